The van der Waals surface area contributed by atoms with E-state index >= 15 is 0 Å². The van der Waals surface area contributed by atoms with Gasteiger partial charge in [-0.2, -0.15) is 0 Å². The topological polar surface area (TPSA) is 94.6 Å². The fraction of sp³-hybridized carbons (Fsp3) is 0.143. The predicted molar refractivity (Wildman–Crippen MR) is 91.1 cm³/mol. The van der Waals surface area contributed by atoms with E-state index in [1.165, 1.54) is 44.7 Å². The Hall–Kier alpha value is -1.84. The van der Waals surface area contributed by atoms with E-state index in [1.54, 1.807) is 0 Å². The number of pyridine rings is 1. The van der Waals surface area contributed by atoms with Crippen molar-refractivity contribution in [3.8, 4) is 11.5 Å². The summed E-state index contributed by atoms with van der Waals surface area (Å²) in [5.41, 5.74) is 0.0650. The van der Waals surface area contributed by atoms with Crippen LogP contribution < -0.4 is 14.2 Å². The minimum atomic E-state index is -4.15. The van der Waals surface area contributed by atoms with Crippen LogP contribution in [-0.2, 0) is 10.0 Å². The molecule has 128 valence electrons. The van der Waals surface area contributed by atoms with Crippen LogP contribution in [0.25, 0.3) is 0 Å². The number of carbonyl (C=O) groups is 1. The number of rotatable bonds is 5. The lowest BCUT2D eigenvalue weighted by molar-refractivity contribution is 0.0981. The molecule has 0 aliphatic heterocycles. The lowest BCUT2D eigenvalue weighted by Crippen LogP contribution is -2.30. The van der Waals surface area contributed by atoms with Crippen molar-refractivity contribution in [1.29, 1.82) is 0 Å². The van der Waals surface area contributed by atoms with Crippen LogP contribution in [0.4, 0.5) is 0 Å². The molecule has 24 heavy (non-hydrogen) atoms. The summed E-state index contributed by atoms with van der Waals surface area (Å²) < 4.78 is 37.3. The second kappa shape index (κ2) is 7.37. The highest BCUT2D eigenvalue weighted by Gasteiger charge is 2.24. The summed E-state index contributed by atoms with van der Waals surface area (Å²) in [6.45, 7) is 0. The van der Waals surface area contributed by atoms with Gasteiger partial charge in [0, 0.05) is 22.3 Å². The number of methoxy groups -OCH3 is 2. The van der Waals surface area contributed by atoms with E-state index in [-0.39, 0.29) is 25.8 Å². The van der Waals surface area contributed by atoms with Crippen molar-refractivity contribution in [3.05, 3.63) is 45.7 Å². The van der Waals surface area contributed by atoms with E-state index in [0.29, 0.717) is 5.75 Å². The predicted octanol–water partition coefficient (Wildman–Crippen LogP) is 2.63. The van der Waals surface area contributed by atoms with Gasteiger partial charge in [-0.25, -0.2) is 18.1 Å². The molecule has 0 unspecified atom stereocenters. The maximum atomic E-state index is 12.5. The normalized spacial score (nSPS) is 11.0. The molecule has 1 aromatic heterocycles. The second-order valence-electron chi connectivity index (χ2n) is 4.44. The molecule has 10 heteroatoms. The molecule has 0 radical (unpaired) electrons. The number of sulfonamides is 1. The van der Waals surface area contributed by atoms with Gasteiger partial charge in [0.1, 0.15) is 10.0 Å². The molecule has 0 saturated heterocycles. The zero-order valence-corrected chi connectivity index (χ0v) is 15.7. The zero-order valence-electron chi connectivity index (χ0n) is 12.5. The van der Waals surface area contributed by atoms with Crippen LogP contribution in [0.1, 0.15) is 10.4 Å². The molecule has 0 spiro atoms. The number of nitrogens with one attached hydrogen (secondary N) is 1. The van der Waals surface area contributed by atoms with Gasteiger partial charge in [-0.3, -0.25) is 4.79 Å². The first kappa shape index (κ1) is 18.5. The van der Waals surface area contributed by atoms with E-state index in [0.717, 1.165) is 0 Å². The number of benzene rings is 1. The fourth-order valence-electron chi connectivity index (χ4n) is 1.82. The molecule has 1 aromatic carbocycles. The third-order valence-corrected chi connectivity index (χ3v) is 5.44. The summed E-state index contributed by atoms with van der Waals surface area (Å²) in [6, 6.07) is 5.29. The Labute approximate surface area is 152 Å². The Morgan fingerprint density at radius 3 is 2.42 bits per heavy atom. The number of ether oxygens (including phenoxy) is 2. The van der Waals surface area contributed by atoms with Gasteiger partial charge in [-0.15, -0.1) is 0 Å². The molecule has 0 fully saturated rings. The highest BCUT2D eigenvalue weighted by atomic mass is 79.9. The van der Waals surface area contributed by atoms with Crippen molar-refractivity contribution in [1.82, 2.24) is 9.71 Å². The number of amides is 1. The minimum absolute atomic E-state index is 0.0650. The Balaban J connectivity index is 2.39. The van der Waals surface area contributed by atoms with Crippen LogP contribution >= 0.6 is 27.5 Å². The van der Waals surface area contributed by atoms with Crippen molar-refractivity contribution in [2.75, 3.05) is 14.2 Å². The van der Waals surface area contributed by atoms with Crippen molar-refractivity contribution < 1.29 is 22.7 Å². The second-order valence-corrected chi connectivity index (χ2v) is 7.33. The van der Waals surface area contributed by atoms with Crippen LogP contribution in [0.2, 0.25) is 5.15 Å². The SMILES string of the molecule is COc1cc(Br)c(S(=O)(=O)NC(=O)c2ccnc(Cl)c2)cc1OC. The number of hydrogen-bond donors (Lipinski definition) is 1. The highest BCUT2D eigenvalue weighted by molar-refractivity contribution is 9.10. The smallest absolute Gasteiger partial charge is 0.265 e. The average molecular weight is 436 g/mol. The first-order chi connectivity index (χ1) is 11.3. The molecule has 2 rings (SSSR count). The number of aromatic nitrogens is 1. The summed E-state index contributed by atoms with van der Waals surface area (Å²) in [4.78, 5) is 15.7. The Morgan fingerprint density at radius 1 is 1.21 bits per heavy atom. The van der Waals surface area contributed by atoms with E-state index < -0.39 is 15.9 Å². The molecule has 1 heterocycles. The summed E-state index contributed by atoms with van der Waals surface area (Å²) in [5, 5.41) is 0.0762. The van der Waals surface area contributed by atoms with Gasteiger partial charge in [0.15, 0.2) is 11.5 Å². The summed E-state index contributed by atoms with van der Waals surface area (Å²) in [6.07, 6.45) is 1.30. The molecular formula is C14H12BrClN2O5S. The number of halogens is 2. The average Bonchev–Trinajstić information content (AvgIpc) is 2.53. The van der Waals surface area contributed by atoms with Gasteiger partial charge >= 0.3 is 0 Å². The Kier molecular flexibility index (Phi) is 5.68. The molecule has 1 N–H and O–H groups in total. The molecule has 0 aliphatic carbocycles. The standard InChI is InChI=1S/C14H12BrClN2O5S/c1-22-10-6-9(15)12(7-11(10)23-2)24(20,21)18-14(19)8-3-4-17-13(16)5-8/h3-7H,1-2H3,(H,18,19). The highest BCUT2D eigenvalue weighted by Crippen LogP contribution is 2.35. The minimum Gasteiger partial charge on any atom is -0.493 e. The largest absolute Gasteiger partial charge is 0.493 e. The van der Waals surface area contributed by atoms with Gasteiger partial charge in [0.2, 0.25) is 0 Å². The monoisotopic (exact) mass is 434 g/mol. The molecule has 2 aromatic rings. The molecule has 0 atom stereocenters. The molecule has 0 bridgehead atoms. The van der Waals surface area contributed by atoms with Crippen molar-refractivity contribution in [3.63, 3.8) is 0 Å². The van der Waals surface area contributed by atoms with E-state index in [1.807, 2.05) is 4.72 Å². The summed E-state index contributed by atoms with van der Waals surface area (Å²) in [5.74, 6) is -0.281. The van der Waals surface area contributed by atoms with Gasteiger partial charge in [-0.1, -0.05) is 11.6 Å². The summed E-state index contributed by atoms with van der Waals surface area (Å²) in [7, 11) is -1.36. The number of hydrogen-bond acceptors (Lipinski definition) is 6. The molecule has 0 aliphatic rings. The molecule has 7 nitrogen and oxygen atoms in total. The Bertz CT molecular complexity index is 889. The molecule has 1 amide bonds. The third kappa shape index (κ3) is 3.97. The van der Waals surface area contributed by atoms with Crippen molar-refractivity contribution >= 4 is 43.5 Å². The van der Waals surface area contributed by atoms with E-state index in [9.17, 15) is 13.2 Å². The van der Waals surface area contributed by atoms with Gasteiger partial charge in [0.25, 0.3) is 15.9 Å². The molecule has 0 saturated carbocycles. The summed E-state index contributed by atoms with van der Waals surface area (Å²) >= 11 is 8.84. The zero-order chi connectivity index (χ0) is 17.9. The van der Waals surface area contributed by atoms with Crippen LogP contribution in [-0.4, -0.2) is 33.5 Å². The van der Waals surface area contributed by atoms with Crippen molar-refractivity contribution in [2.24, 2.45) is 0 Å². The lowest BCUT2D eigenvalue weighted by atomic mass is 10.3. The fourth-order valence-corrected chi connectivity index (χ4v) is 4.01. The van der Waals surface area contributed by atoms with E-state index in [2.05, 4.69) is 20.9 Å². The lowest BCUT2D eigenvalue weighted by Gasteiger charge is -2.13. The Morgan fingerprint density at radius 2 is 1.83 bits per heavy atom. The maximum absolute atomic E-state index is 12.5. The van der Waals surface area contributed by atoms with Crippen LogP contribution in [0.5, 0.6) is 11.5 Å². The quantitative estimate of drug-likeness (QED) is 0.726. The maximum Gasteiger partial charge on any atom is 0.265 e. The van der Waals surface area contributed by atoms with Crippen LogP contribution in [0.3, 0.4) is 0 Å². The molecular weight excluding hydrogens is 424 g/mol. The van der Waals surface area contributed by atoms with Gasteiger partial charge in [-0.05, 0) is 34.1 Å². The first-order valence-corrected chi connectivity index (χ1v) is 9.04. The number of carbonyl (C=O) groups excluding carboxylic acids is 1. The van der Waals surface area contributed by atoms with E-state index in [4.69, 9.17) is 21.1 Å². The van der Waals surface area contributed by atoms with Gasteiger partial charge in [0.05, 0.1) is 14.2 Å². The first-order valence-electron chi connectivity index (χ1n) is 6.38. The van der Waals surface area contributed by atoms with Crippen LogP contribution in [0, 0.1) is 0 Å². The van der Waals surface area contributed by atoms with Crippen LogP contribution in [0.15, 0.2) is 39.8 Å². The number of nitrogens with zero attached hydrogens (tertiary/aromatic N) is 1. The van der Waals surface area contributed by atoms with Gasteiger partial charge < -0.3 is 9.47 Å². The van der Waals surface area contributed by atoms with Crippen molar-refractivity contribution in [2.45, 2.75) is 4.90 Å². The third-order valence-electron chi connectivity index (χ3n) is 2.94.